The Balaban J connectivity index is 2.57. The van der Waals surface area contributed by atoms with Gasteiger partial charge in [0.05, 0.1) is 10.4 Å². The molecule has 0 radical (unpaired) electrons. The summed E-state index contributed by atoms with van der Waals surface area (Å²) in [6.45, 7) is 1.70. The van der Waals surface area contributed by atoms with Crippen LogP contribution in [-0.2, 0) is 0 Å². The van der Waals surface area contributed by atoms with Gasteiger partial charge in [0.25, 0.3) is 0 Å². The van der Waals surface area contributed by atoms with Gasteiger partial charge >= 0.3 is 0 Å². The first kappa shape index (κ1) is 12.0. The maximum absolute atomic E-state index is 9.20. The zero-order valence-corrected chi connectivity index (χ0v) is 11.5. The van der Waals surface area contributed by atoms with Crippen molar-refractivity contribution in [1.82, 2.24) is 0 Å². The van der Waals surface area contributed by atoms with Crippen LogP contribution in [0.25, 0.3) is 10.4 Å². The third-order valence-electron chi connectivity index (χ3n) is 2.41. The van der Waals surface area contributed by atoms with E-state index >= 15 is 0 Å². The molecule has 0 saturated heterocycles. The van der Waals surface area contributed by atoms with E-state index in [-0.39, 0.29) is 0 Å². The summed E-state index contributed by atoms with van der Waals surface area (Å²) in [5, 5.41) is 18.7. The van der Waals surface area contributed by atoms with E-state index < -0.39 is 0 Å². The summed E-state index contributed by atoms with van der Waals surface area (Å²) in [5.74, 6) is 0. The van der Waals surface area contributed by atoms with Crippen LogP contribution >= 0.6 is 27.3 Å². The van der Waals surface area contributed by atoms with E-state index in [1.54, 1.807) is 6.92 Å². The van der Waals surface area contributed by atoms with E-state index in [9.17, 15) is 5.26 Å². The summed E-state index contributed by atoms with van der Waals surface area (Å²) in [6, 6.07) is 10.0. The van der Waals surface area contributed by atoms with Gasteiger partial charge in [-0.1, -0.05) is 28.1 Å². The second-order valence-electron chi connectivity index (χ2n) is 3.60. The molecule has 0 saturated carbocycles. The first-order valence-electron chi connectivity index (χ1n) is 4.96. The maximum Gasteiger partial charge on any atom is 0.101 e. The van der Waals surface area contributed by atoms with Gasteiger partial charge in [-0.25, -0.2) is 0 Å². The van der Waals surface area contributed by atoms with Crippen molar-refractivity contribution < 1.29 is 0 Å². The number of halogens is 1. The Kier molecular flexibility index (Phi) is 3.41. The van der Waals surface area contributed by atoms with Crippen LogP contribution in [0, 0.1) is 16.7 Å². The zero-order valence-electron chi connectivity index (χ0n) is 9.12. The lowest BCUT2D eigenvalue weighted by Gasteiger charge is -2.00. The third kappa shape index (κ3) is 2.31. The van der Waals surface area contributed by atoms with Crippen LogP contribution in [0.4, 0.5) is 0 Å². The molecule has 0 amide bonds. The number of nitrogens with one attached hydrogen (secondary N) is 1. The molecule has 2 nitrogen and oxygen atoms in total. The fourth-order valence-corrected chi connectivity index (χ4v) is 2.90. The fraction of sp³-hybridized carbons (Fsp3) is 0.0769. The van der Waals surface area contributed by atoms with Crippen LogP contribution in [0.15, 0.2) is 34.1 Å². The SMILES string of the molecule is CC(=N)c1csc(-c2ccc(Br)cc2)c1C#N. The number of benzene rings is 1. The number of thiophene rings is 1. The minimum absolute atomic E-state index is 0.432. The molecule has 0 aliphatic rings. The second kappa shape index (κ2) is 4.82. The van der Waals surface area contributed by atoms with Crippen molar-refractivity contribution in [3.05, 3.63) is 45.2 Å². The molecule has 0 aliphatic heterocycles. The standard InChI is InChI=1S/C13H9BrN2S/c1-8(16)12-7-17-13(11(12)6-15)9-2-4-10(14)5-3-9/h2-5,7,16H,1H3. The third-order valence-corrected chi connectivity index (χ3v) is 3.97. The van der Waals surface area contributed by atoms with E-state index in [1.165, 1.54) is 11.3 Å². The number of rotatable bonds is 2. The van der Waals surface area contributed by atoms with Gasteiger partial charge in [-0.05, 0) is 24.6 Å². The molecule has 2 aromatic rings. The normalized spacial score (nSPS) is 9.94. The molecule has 0 aliphatic carbocycles. The van der Waals surface area contributed by atoms with Crippen molar-refractivity contribution in [1.29, 1.82) is 10.7 Å². The molecule has 0 bridgehead atoms. The Morgan fingerprint density at radius 2 is 2.00 bits per heavy atom. The van der Waals surface area contributed by atoms with Crippen molar-refractivity contribution in [2.24, 2.45) is 0 Å². The van der Waals surface area contributed by atoms with Crippen LogP contribution in [0.5, 0.6) is 0 Å². The minimum atomic E-state index is 0.432. The lowest BCUT2D eigenvalue weighted by Crippen LogP contribution is -1.92. The smallest absolute Gasteiger partial charge is 0.101 e. The predicted molar refractivity (Wildman–Crippen MR) is 74.7 cm³/mol. The Morgan fingerprint density at radius 1 is 1.35 bits per heavy atom. The molecule has 0 atom stereocenters. The van der Waals surface area contributed by atoms with Gasteiger partial charge in [0, 0.05) is 21.1 Å². The van der Waals surface area contributed by atoms with Gasteiger partial charge in [-0.3, -0.25) is 0 Å². The topological polar surface area (TPSA) is 47.6 Å². The lowest BCUT2D eigenvalue weighted by atomic mass is 10.0. The fourth-order valence-electron chi connectivity index (χ4n) is 1.56. The van der Waals surface area contributed by atoms with E-state index in [2.05, 4.69) is 22.0 Å². The largest absolute Gasteiger partial charge is 0.305 e. The molecular formula is C13H9BrN2S. The Labute approximate surface area is 112 Å². The van der Waals surface area contributed by atoms with Gasteiger partial charge < -0.3 is 5.41 Å². The van der Waals surface area contributed by atoms with Gasteiger partial charge in [0.2, 0.25) is 0 Å². The highest BCUT2D eigenvalue weighted by Gasteiger charge is 2.14. The minimum Gasteiger partial charge on any atom is -0.305 e. The van der Waals surface area contributed by atoms with Crippen molar-refractivity contribution >= 4 is 33.0 Å². The highest BCUT2D eigenvalue weighted by molar-refractivity contribution is 9.10. The first-order valence-corrected chi connectivity index (χ1v) is 6.64. The molecule has 1 aromatic heterocycles. The van der Waals surface area contributed by atoms with Crippen molar-refractivity contribution in [3.8, 4) is 16.5 Å². The summed E-state index contributed by atoms with van der Waals surface area (Å²) in [6.07, 6.45) is 0. The summed E-state index contributed by atoms with van der Waals surface area (Å²) in [4.78, 5) is 0.932. The molecule has 84 valence electrons. The second-order valence-corrected chi connectivity index (χ2v) is 5.39. The summed E-state index contributed by atoms with van der Waals surface area (Å²) < 4.78 is 1.01. The monoisotopic (exact) mass is 304 g/mol. The molecule has 0 spiro atoms. The van der Waals surface area contributed by atoms with Gasteiger partial charge in [0.15, 0.2) is 0 Å². The Morgan fingerprint density at radius 3 is 2.53 bits per heavy atom. The Bertz CT molecular complexity index is 605. The van der Waals surface area contributed by atoms with Crippen molar-refractivity contribution in [2.75, 3.05) is 0 Å². The van der Waals surface area contributed by atoms with Gasteiger partial charge in [-0.15, -0.1) is 11.3 Å². The first-order chi connectivity index (χ1) is 8.13. The average Bonchev–Trinajstić information content (AvgIpc) is 2.73. The molecule has 1 aromatic carbocycles. The quantitative estimate of drug-likeness (QED) is 0.819. The van der Waals surface area contributed by atoms with Crippen LogP contribution in [0.1, 0.15) is 18.1 Å². The highest BCUT2D eigenvalue weighted by atomic mass is 79.9. The summed E-state index contributed by atoms with van der Waals surface area (Å²) in [5.41, 5.74) is 2.78. The summed E-state index contributed by atoms with van der Waals surface area (Å²) in [7, 11) is 0. The van der Waals surface area contributed by atoms with Crippen LogP contribution < -0.4 is 0 Å². The average molecular weight is 305 g/mol. The number of nitrogens with zero attached hydrogens (tertiary/aromatic N) is 1. The lowest BCUT2D eigenvalue weighted by molar-refractivity contribution is 1.44. The Hall–Kier alpha value is -1.44. The maximum atomic E-state index is 9.20. The van der Waals surface area contributed by atoms with E-state index in [0.29, 0.717) is 11.3 Å². The molecule has 0 fully saturated rings. The number of hydrogen-bond acceptors (Lipinski definition) is 3. The number of hydrogen-bond donors (Lipinski definition) is 1. The number of nitriles is 1. The highest BCUT2D eigenvalue weighted by Crippen LogP contribution is 2.33. The van der Waals surface area contributed by atoms with E-state index in [4.69, 9.17) is 5.41 Å². The molecule has 17 heavy (non-hydrogen) atoms. The zero-order chi connectivity index (χ0) is 12.4. The van der Waals surface area contributed by atoms with Gasteiger partial charge in [-0.2, -0.15) is 5.26 Å². The van der Waals surface area contributed by atoms with Crippen LogP contribution in [0.3, 0.4) is 0 Å². The molecule has 1 heterocycles. The van der Waals surface area contributed by atoms with E-state index in [1.807, 2.05) is 29.6 Å². The van der Waals surface area contributed by atoms with E-state index in [0.717, 1.165) is 20.5 Å². The molecule has 4 heteroatoms. The van der Waals surface area contributed by atoms with Crippen LogP contribution in [0.2, 0.25) is 0 Å². The van der Waals surface area contributed by atoms with Crippen molar-refractivity contribution in [2.45, 2.75) is 6.92 Å². The molecular weight excluding hydrogens is 296 g/mol. The van der Waals surface area contributed by atoms with Crippen molar-refractivity contribution in [3.63, 3.8) is 0 Å². The molecule has 0 unspecified atom stereocenters. The summed E-state index contributed by atoms with van der Waals surface area (Å²) >= 11 is 4.90. The molecule has 2 rings (SSSR count). The van der Waals surface area contributed by atoms with Crippen LogP contribution in [-0.4, -0.2) is 5.71 Å². The predicted octanol–water partition coefficient (Wildman–Crippen LogP) is 4.44. The van der Waals surface area contributed by atoms with Gasteiger partial charge in [0.1, 0.15) is 6.07 Å². The molecule has 1 N–H and O–H groups in total.